The van der Waals surface area contributed by atoms with Crippen molar-refractivity contribution in [3.8, 4) is 0 Å². The monoisotopic (exact) mass is 482 g/mol. The third kappa shape index (κ3) is 33.1. The fourth-order valence-electron chi connectivity index (χ4n) is 3.17. The largest absolute Gasteiger partial charge is 0.356 e. The fourth-order valence-corrected chi connectivity index (χ4v) is 3.17. The molecule has 0 fully saturated rings. The maximum atomic E-state index is 11.5. The molecule has 0 saturated heterocycles. The molecule has 0 aliphatic carbocycles. The van der Waals surface area contributed by atoms with Gasteiger partial charge < -0.3 is 10.6 Å². The summed E-state index contributed by atoms with van der Waals surface area (Å²) < 4.78 is 0. The molecule has 0 saturated carbocycles. The molecule has 0 bridgehead atoms. The normalized spacial score (nSPS) is 12.6. The Hall–Kier alpha value is -1.06. The first kappa shape index (κ1) is 35.1. The van der Waals surface area contributed by atoms with Gasteiger partial charge in [0, 0.05) is 25.9 Å². The van der Waals surface area contributed by atoms with Gasteiger partial charge in [0.2, 0.25) is 11.8 Å². The van der Waals surface area contributed by atoms with Crippen LogP contribution in [0.1, 0.15) is 147 Å². The minimum Gasteiger partial charge on any atom is -0.356 e. The molecule has 4 heteroatoms. The SMILES string of the molecule is CC(C)(C)CCCCNC(=O)CCC(C)(C)C.CC(C)(C)CCCCNC(=O)CCC(C)(C)C. The molecule has 204 valence electrons. The van der Waals surface area contributed by atoms with Crippen LogP contribution in [-0.2, 0) is 9.59 Å². The second kappa shape index (κ2) is 16.6. The average Bonchev–Trinajstić information content (AvgIpc) is 2.62. The lowest BCUT2D eigenvalue weighted by atomic mass is 9.90. The molecule has 2 N–H and O–H groups in total. The summed E-state index contributed by atoms with van der Waals surface area (Å²) >= 11 is 0. The highest BCUT2D eigenvalue weighted by atomic mass is 16.2. The number of unbranched alkanes of at least 4 members (excludes halogenated alkanes) is 2. The summed E-state index contributed by atoms with van der Waals surface area (Å²) in [5.41, 5.74) is 1.33. The molecule has 0 unspecified atom stereocenters. The van der Waals surface area contributed by atoms with Gasteiger partial charge in [-0.15, -0.1) is 0 Å². The molecule has 0 aromatic rings. The van der Waals surface area contributed by atoms with Crippen LogP contribution in [0.5, 0.6) is 0 Å². The molecule has 2 amide bonds. The van der Waals surface area contributed by atoms with Gasteiger partial charge in [0.1, 0.15) is 0 Å². The lowest BCUT2D eigenvalue weighted by Gasteiger charge is -2.18. The first-order chi connectivity index (χ1) is 15.2. The van der Waals surface area contributed by atoms with E-state index >= 15 is 0 Å². The Morgan fingerprint density at radius 3 is 0.941 bits per heavy atom. The van der Waals surface area contributed by atoms with E-state index in [4.69, 9.17) is 0 Å². The second-order valence-corrected chi connectivity index (χ2v) is 14.9. The van der Waals surface area contributed by atoms with Gasteiger partial charge >= 0.3 is 0 Å². The summed E-state index contributed by atoms with van der Waals surface area (Å²) in [6.45, 7) is 28.2. The number of hydrogen-bond acceptors (Lipinski definition) is 2. The van der Waals surface area contributed by atoms with Crippen LogP contribution < -0.4 is 10.6 Å². The maximum Gasteiger partial charge on any atom is 0.220 e. The van der Waals surface area contributed by atoms with Gasteiger partial charge in [-0.3, -0.25) is 9.59 Å². The zero-order valence-electron chi connectivity index (χ0n) is 25.3. The van der Waals surface area contributed by atoms with E-state index in [1.165, 1.54) is 25.7 Å². The van der Waals surface area contributed by atoms with Gasteiger partial charge in [-0.05, 0) is 60.2 Å². The highest BCUT2D eigenvalue weighted by molar-refractivity contribution is 5.76. The van der Waals surface area contributed by atoms with Crippen molar-refractivity contribution in [1.82, 2.24) is 10.6 Å². The zero-order chi connectivity index (χ0) is 27.1. The van der Waals surface area contributed by atoms with Gasteiger partial charge in [0.05, 0.1) is 0 Å². The first-order valence-corrected chi connectivity index (χ1v) is 13.7. The molecule has 0 aliphatic rings. The molecular formula is C30H62N2O2. The van der Waals surface area contributed by atoms with Gasteiger partial charge in [-0.1, -0.05) is 95.9 Å². The highest BCUT2D eigenvalue weighted by Crippen LogP contribution is 2.23. The minimum absolute atomic E-state index is 0.204. The Labute approximate surface area is 214 Å². The topological polar surface area (TPSA) is 58.2 Å². The molecule has 4 nitrogen and oxygen atoms in total. The van der Waals surface area contributed by atoms with Crippen molar-refractivity contribution in [2.24, 2.45) is 21.7 Å². The zero-order valence-corrected chi connectivity index (χ0v) is 25.3. The summed E-state index contributed by atoms with van der Waals surface area (Å²) in [6, 6.07) is 0. The molecular weight excluding hydrogens is 420 g/mol. The van der Waals surface area contributed by atoms with Crippen molar-refractivity contribution in [1.29, 1.82) is 0 Å². The number of rotatable bonds is 12. The van der Waals surface area contributed by atoms with E-state index in [1.54, 1.807) is 0 Å². The van der Waals surface area contributed by atoms with Crippen LogP contribution in [0.25, 0.3) is 0 Å². The van der Waals surface area contributed by atoms with Gasteiger partial charge in [0.25, 0.3) is 0 Å². The van der Waals surface area contributed by atoms with Crippen LogP contribution in [-0.4, -0.2) is 24.9 Å². The van der Waals surface area contributed by atoms with Crippen molar-refractivity contribution in [3.05, 3.63) is 0 Å². The predicted molar refractivity (Wildman–Crippen MR) is 150 cm³/mol. The van der Waals surface area contributed by atoms with Crippen LogP contribution in [0, 0.1) is 21.7 Å². The summed E-state index contributed by atoms with van der Waals surface area (Å²) in [7, 11) is 0. The number of nitrogens with one attached hydrogen (secondary N) is 2. The lowest BCUT2D eigenvalue weighted by Crippen LogP contribution is -2.25. The molecule has 0 aliphatic heterocycles. The van der Waals surface area contributed by atoms with Gasteiger partial charge in [0.15, 0.2) is 0 Å². The third-order valence-electron chi connectivity index (χ3n) is 5.56. The van der Waals surface area contributed by atoms with E-state index in [0.717, 1.165) is 38.8 Å². The van der Waals surface area contributed by atoms with E-state index in [1.807, 2.05) is 0 Å². The third-order valence-corrected chi connectivity index (χ3v) is 5.56. The number of carbonyl (C=O) groups excluding carboxylic acids is 2. The smallest absolute Gasteiger partial charge is 0.220 e. The molecule has 0 heterocycles. The van der Waals surface area contributed by atoms with E-state index in [0.29, 0.717) is 23.7 Å². The fraction of sp³-hybridized carbons (Fsp3) is 0.933. The van der Waals surface area contributed by atoms with Crippen molar-refractivity contribution in [2.75, 3.05) is 13.1 Å². The molecule has 34 heavy (non-hydrogen) atoms. The van der Waals surface area contributed by atoms with Crippen LogP contribution >= 0.6 is 0 Å². The Balaban J connectivity index is 0. The average molecular weight is 483 g/mol. The molecule has 0 aromatic carbocycles. The summed E-state index contributed by atoms with van der Waals surface area (Å²) in [5, 5.41) is 6.01. The Bertz CT molecular complexity index is 490. The van der Waals surface area contributed by atoms with Crippen molar-refractivity contribution in [2.45, 2.75) is 147 Å². The van der Waals surface area contributed by atoms with Gasteiger partial charge in [-0.25, -0.2) is 0 Å². The standard InChI is InChI=1S/2C15H31NO/c2*1-14(2,3)10-7-8-12-16-13(17)9-11-15(4,5)6/h2*7-12H2,1-6H3,(H,16,17). The van der Waals surface area contributed by atoms with Crippen LogP contribution in [0.3, 0.4) is 0 Å². The van der Waals surface area contributed by atoms with Crippen LogP contribution in [0.15, 0.2) is 0 Å². The quantitative estimate of drug-likeness (QED) is 0.275. The Morgan fingerprint density at radius 1 is 0.441 bits per heavy atom. The van der Waals surface area contributed by atoms with E-state index < -0.39 is 0 Å². The van der Waals surface area contributed by atoms with Crippen LogP contribution in [0.4, 0.5) is 0 Å². The number of carbonyl (C=O) groups is 2. The first-order valence-electron chi connectivity index (χ1n) is 13.7. The Kier molecular flexibility index (Phi) is 17.1. The summed E-state index contributed by atoms with van der Waals surface area (Å²) in [6.07, 6.45) is 10.3. The predicted octanol–water partition coefficient (Wildman–Crippen LogP) is 8.29. The molecule has 0 aromatic heterocycles. The molecule has 0 rings (SSSR count). The van der Waals surface area contributed by atoms with E-state index in [2.05, 4.69) is 93.7 Å². The van der Waals surface area contributed by atoms with E-state index in [9.17, 15) is 9.59 Å². The van der Waals surface area contributed by atoms with Crippen molar-refractivity contribution < 1.29 is 9.59 Å². The second-order valence-electron chi connectivity index (χ2n) is 14.9. The molecule has 0 radical (unpaired) electrons. The summed E-state index contributed by atoms with van der Waals surface area (Å²) in [4.78, 5) is 23.1. The molecule has 0 spiro atoms. The number of hydrogen-bond donors (Lipinski definition) is 2. The highest BCUT2D eigenvalue weighted by Gasteiger charge is 2.14. The van der Waals surface area contributed by atoms with Crippen molar-refractivity contribution in [3.63, 3.8) is 0 Å². The summed E-state index contributed by atoms with van der Waals surface area (Å²) in [5.74, 6) is 0.409. The Morgan fingerprint density at radius 2 is 0.706 bits per heavy atom. The van der Waals surface area contributed by atoms with Crippen molar-refractivity contribution >= 4 is 11.8 Å². The van der Waals surface area contributed by atoms with Gasteiger partial charge in [-0.2, -0.15) is 0 Å². The maximum absolute atomic E-state index is 11.5. The minimum atomic E-state index is 0.204. The van der Waals surface area contributed by atoms with E-state index in [-0.39, 0.29) is 22.6 Å². The molecule has 0 atom stereocenters. The number of amides is 2. The lowest BCUT2D eigenvalue weighted by molar-refractivity contribution is -0.122. The van der Waals surface area contributed by atoms with Crippen LogP contribution in [0.2, 0.25) is 0 Å².